The Kier molecular flexibility index (Phi) is 7.13. The molecular weight excluding hydrogens is 420 g/mol. The summed E-state index contributed by atoms with van der Waals surface area (Å²) in [5.74, 6) is 0.552. The van der Waals surface area contributed by atoms with Crippen LogP contribution in [0.3, 0.4) is 0 Å². The molecule has 1 saturated carbocycles. The van der Waals surface area contributed by atoms with Crippen LogP contribution in [-0.2, 0) is 21.4 Å². The van der Waals surface area contributed by atoms with Crippen molar-refractivity contribution in [3.05, 3.63) is 53.9 Å². The Morgan fingerprint density at radius 3 is 2.58 bits per heavy atom. The highest BCUT2D eigenvalue weighted by molar-refractivity contribution is 6.02. The first kappa shape index (κ1) is 23.0. The highest BCUT2D eigenvalue weighted by Gasteiger charge is 2.37. The molecule has 1 aliphatic heterocycles. The Morgan fingerprint density at radius 1 is 1.15 bits per heavy atom. The third kappa shape index (κ3) is 4.80. The smallest absolute Gasteiger partial charge is 0.262 e. The molecule has 1 unspecified atom stereocenters. The second kappa shape index (κ2) is 10.2. The zero-order valence-electron chi connectivity index (χ0n) is 19.6. The number of benzene rings is 1. The van der Waals surface area contributed by atoms with Crippen LogP contribution in [0.5, 0.6) is 5.75 Å². The first-order chi connectivity index (χ1) is 16.0. The van der Waals surface area contributed by atoms with Gasteiger partial charge >= 0.3 is 0 Å². The molecule has 0 N–H and O–H groups in total. The highest BCUT2D eigenvalue weighted by atomic mass is 16.5. The third-order valence-corrected chi connectivity index (χ3v) is 6.56. The van der Waals surface area contributed by atoms with Gasteiger partial charge in [0.15, 0.2) is 0 Å². The first-order valence-electron chi connectivity index (χ1n) is 11.4. The van der Waals surface area contributed by atoms with Gasteiger partial charge in [-0.1, -0.05) is 24.6 Å². The van der Waals surface area contributed by atoms with E-state index in [0.29, 0.717) is 25.3 Å². The monoisotopic (exact) mass is 452 g/mol. The molecule has 176 valence electrons. The van der Waals surface area contributed by atoms with E-state index in [-0.39, 0.29) is 30.3 Å². The highest BCUT2D eigenvalue weighted by Crippen LogP contribution is 2.37. The SMILES string of the molecule is COCCN(CC(=O)N1N=C(c2cccn2C)CC1c1ccccc1OC)C(=O)C1CCC1. The molecule has 2 amide bonds. The molecule has 1 atom stereocenters. The van der Waals surface area contributed by atoms with Crippen molar-refractivity contribution in [2.75, 3.05) is 33.9 Å². The van der Waals surface area contributed by atoms with Gasteiger partial charge in [-0.3, -0.25) is 9.59 Å². The topological polar surface area (TPSA) is 76.4 Å². The van der Waals surface area contributed by atoms with Gasteiger partial charge in [-0.05, 0) is 31.0 Å². The molecule has 0 saturated heterocycles. The normalized spacial score (nSPS) is 18.1. The summed E-state index contributed by atoms with van der Waals surface area (Å²) in [7, 11) is 5.19. The number of aryl methyl sites for hydroxylation is 1. The van der Waals surface area contributed by atoms with Gasteiger partial charge in [0.2, 0.25) is 5.91 Å². The van der Waals surface area contributed by atoms with Crippen molar-refractivity contribution < 1.29 is 19.1 Å². The molecule has 0 radical (unpaired) electrons. The van der Waals surface area contributed by atoms with Crippen molar-refractivity contribution in [3.63, 3.8) is 0 Å². The summed E-state index contributed by atoms with van der Waals surface area (Å²) in [5, 5.41) is 6.29. The average Bonchev–Trinajstić information content (AvgIpc) is 3.41. The Bertz CT molecular complexity index is 1030. The molecule has 1 fully saturated rings. The fraction of sp³-hybridized carbons (Fsp3) is 0.480. The summed E-state index contributed by atoms with van der Waals surface area (Å²) in [6, 6.07) is 11.4. The number of methoxy groups -OCH3 is 2. The van der Waals surface area contributed by atoms with Crippen LogP contribution >= 0.6 is 0 Å². The Hall–Kier alpha value is -3.13. The number of nitrogens with zero attached hydrogens (tertiary/aromatic N) is 4. The van der Waals surface area contributed by atoms with Gasteiger partial charge in [0.25, 0.3) is 5.91 Å². The van der Waals surface area contributed by atoms with Crippen LogP contribution < -0.4 is 4.74 Å². The zero-order valence-corrected chi connectivity index (χ0v) is 19.6. The average molecular weight is 453 g/mol. The van der Waals surface area contributed by atoms with Crippen molar-refractivity contribution in [2.45, 2.75) is 31.7 Å². The third-order valence-electron chi connectivity index (χ3n) is 6.56. The number of hydrogen-bond donors (Lipinski definition) is 0. The van der Waals surface area contributed by atoms with Gasteiger partial charge < -0.3 is 18.9 Å². The largest absolute Gasteiger partial charge is 0.496 e. The summed E-state index contributed by atoms with van der Waals surface area (Å²) in [6.07, 6.45) is 5.37. The number of carbonyl (C=O) groups excluding carboxylic acids is 2. The first-order valence-corrected chi connectivity index (χ1v) is 11.4. The van der Waals surface area contributed by atoms with Crippen molar-refractivity contribution in [2.24, 2.45) is 18.1 Å². The maximum atomic E-state index is 13.6. The van der Waals surface area contributed by atoms with Crippen LogP contribution in [0.15, 0.2) is 47.7 Å². The van der Waals surface area contributed by atoms with E-state index in [1.54, 1.807) is 19.1 Å². The fourth-order valence-electron chi connectivity index (χ4n) is 4.46. The number of carbonyl (C=O) groups is 2. The molecule has 2 aliphatic rings. The van der Waals surface area contributed by atoms with Crippen LogP contribution in [0.4, 0.5) is 0 Å². The lowest BCUT2D eigenvalue weighted by molar-refractivity contribution is -0.146. The quantitative estimate of drug-likeness (QED) is 0.586. The van der Waals surface area contributed by atoms with Crippen LogP contribution in [0, 0.1) is 5.92 Å². The van der Waals surface area contributed by atoms with E-state index < -0.39 is 0 Å². The summed E-state index contributed by atoms with van der Waals surface area (Å²) in [6.45, 7) is 0.757. The number of amides is 2. The van der Waals surface area contributed by atoms with Gasteiger partial charge in [-0.2, -0.15) is 5.10 Å². The number of hydrazone groups is 1. The van der Waals surface area contributed by atoms with Crippen LogP contribution in [0.25, 0.3) is 0 Å². The van der Waals surface area contributed by atoms with Crippen LogP contribution in [0.1, 0.15) is 43.0 Å². The Balaban J connectivity index is 1.62. The van der Waals surface area contributed by atoms with Gasteiger partial charge in [-0.15, -0.1) is 0 Å². The molecule has 4 rings (SSSR count). The number of rotatable bonds is 9. The summed E-state index contributed by atoms with van der Waals surface area (Å²) < 4.78 is 12.8. The summed E-state index contributed by atoms with van der Waals surface area (Å²) in [5.41, 5.74) is 2.70. The number of aromatic nitrogens is 1. The lowest BCUT2D eigenvalue weighted by atomic mass is 9.84. The molecule has 1 aromatic heterocycles. The number of hydrogen-bond acceptors (Lipinski definition) is 5. The molecule has 1 aromatic carbocycles. The molecule has 33 heavy (non-hydrogen) atoms. The van der Waals surface area contributed by atoms with E-state index in [0.717, 1.165) is 36.2 Å². The van der Waals surface area contributed by atoms with Gasteiger partial charge in [0.1, 0.15) is 12.3 Å². The zero-order chi connectivity index (χ0) is 23.4. The Labute approximate surface area is 194 Å². The molecule has 0 bridgehead atoms. The minimum atomic E-state index is -0.304. The van der Waals surface area contributed by atoms with Gasteiger partial charge in [0, 0.05) is 44.8 Å². The predicted molar refractivity (Wildman–Crippen MR) is 125 cm³/mol. The second-order valence-electron chi connectivity index (χ2n) is 8.63. The van der Waals surface area contributed by atoms with Crippen molar-refractivity contribution in [3.8, 4) is 5.75 Å². The standard InChI is InChI=1S/C25H32N4O4/c1-27-13-7-11-21(27)20-16-22(19-10-4-5-12-23(19)33-3)29(26-20)24(30)17-28(14-15-32-2)25(31)18-8-6-9-18/h4-5,7,10-13,18,22H,6,8-9,14-17H2,1-3H3. The van der Waals surface area contributed by atoms with E-state index in [1.165, 1.54) is 5.01 Å². The van der Waals surface area contributed by atoms with Crippen LogP contribution in [-0.4, -0.2) is 65.9 Å². The maximum Gasteiger partial charge on any atom is 0.262 e. The lowest BCUT2D eigenvalue weighted by Gasteiger charge is -2.32. The molecule has 2 aromatic rings. The van der Waals surface area contributed by atoms with Gasteiger partial charge in [0.05, 0.1) is 31.2 Å². The molecule has 1 aliphatic carbocycles. The minimum absolute atomic E-state index is 0.0145. The van der Waals surface area contributed by atoms with E-state index in [9.17, 15) is 9.59 Å². The second-order valence-corrected chi connectivity index (χ2v) is 8.63. The molecule has 2 heterocycles. The van der Waals surface area contributed by atoms with E-state index in [4.69, 9.17) is 14.6 Å². The molecule has 0 spiro atoms. The molecule has 8 heteroatoms. The number of ether oxygens (including phenoxy) is 2. The summed E-state index contributed by atoms with van der Waals surface area (Å²) >= 11 is 0. The van der Waals surface area contributed by atoms with Crippen molar-refractivity contribution in [1.29, 1.82) is 0 Å². The van der Waals surface area contributed by atoms with E-state index in [1.807, 2.05) is 54.2 Å². The minimum Gasteiger partial charge on any atom is -0.496 e. The maximum absolute atomic E-state index is 13.6. The fourth-order valence-corrected chi connectivity index (χ4v) is 4.46. The molecular formula is C25H32N4O4. The lowest BCUT2D eigenvalue weighted by Crippen LogP contribution is -2.46. The van der Waals surface area contributed by atoms with Gasteiger partial charge in [-0.25, -0.2) is 5.01 Å². The summed E-state index contributed by atoms with van der Waals surface area (Å²) in [4.78, 5) is 28.2. The van der Waals surface area contributed by atoms with Crippen LogP contribution in [0.2, 0.25) is 0 Å². The van der Waals surface area contributed by atoms with Crippen molar-refractivity contribution >= 4 is 17.5 Å². The van der Waals surface area contributed by atoms with E-state index >= 15 is 0 Å². The number of para-hydroxylation sites is 1. The predicted octanol–water partition coefficient (Wildman–Crippen LogP) is 2.99. The van der Waals surface area contributed by atoms with Crippen molar-refractivity contribution in [1.82, 2.24) is 14.5 Å². The van der Waals surface area contributed by atoms with E-state index in [2.05, 4.69) is 0 Å². The molecule has 8 nitrogen and oxygen atoms in total. The Morgan fingerprint density at radius 2 is 1.94 bits per heavy atom.